The van der Waals surface area contributed by atoms with E-state index in [1.165, 1.54) is 7.11 Å². The molecular formula is C24H31N7O4. The topological polar surface area (TPSA) is 131 Å². The number of anilines is 1. The van der Waals surface area contributed by atoms with Crippen LogP contribution in [-0.2, 0) is 17.8 Å². The second-order valence-corrected chi connectivity index (χ2v) is 8.56. The molecule has 2 aromatic rings. The van der Waals surface area contributed by atoms with Gasteiger partial charge in [0.2, 0.25) is 5.91 Å². The van der Waals surface area contributed by atoms with Gasteiger partial charge in [-0.25, -0.2) is 10.5 Å². The summed E-state index contributed by atoms with van der Waals surface area (Å²) in [7, 11) is 1.53. The second-order valence-electron chi connectivity index (χ2n) is 8.56. The van der Waals surface area contributed by atoms with Gasteiger partial charge in [-0.2, -0.15) is 0 Å². The Hall–Kier alpha value is -3.70. The van der Waals surface area contributed by atoms with E-state index in [0.29, 0.717) is 48.2 Å². The SMILES string of the molecule is CCCC(=O)N1CCc2cc(OC)c(C(=O)Nc3cccc(C4=NNNN4C(C)CO)n3)cc2C1. The standard InChI is InChI=1S/C24H31N7O4/c1-4-6-22(33)30-10-9-16-12-20(35-3)18(11-17(16)13-30)24(34)26-21-8-5-7-19(25-21)23-27-28-29-31(23)15(2)14-32/h5,7-8,11-12,15,28-29,32H,4,6,9-10,13-14H2,1-3H3,(H,25,26,34). The van der Waals surface area contributed by atoms with Crippen molar-refractivity contribution in [3.05, 3.63) is 52.7 Å². The Kier molecular flexibility index (Phi) is 7.47. The van der Waals surface area contributed by atoms with Crippen molar-refractivity contribution in [3.63, 3.8) is 0 Å². The fourth-order valence-corrected chi connectivity index (χ4v) is 4.15. The Bertz CT molecular complexity index is 1140. The first-order chi connectivity index (χ1) is 16.9. The molecule has 1 unspecified atom stereocenters. The minimum absolute atomic E-state index is 0.0796. The first-order valence-electron chi connectivity index (χ1n) is 11.7. The maximum Gasteiger partial charge on any atom is 0.260 e. The molecule has 2 aliphatic heterocycles. The number of aliphatic hydroxyl groups is 1. The Labute approximate surface area is 204 Å². The molecule has 4 N–H and O–H groups in total. The van der Waals surface area contributed by atoms with Gasteiger partial charge in [-0.15, -0.1) is 10.6 Å². The molecule has 2 aliphatic rings. The maximum absolute atomic E-state index is 13.2. The zero-order valence-electron chi connectivity index (χ0n) is 20.2. The molecule has 0 bridgehead atoms. The van der Waals surface area contributed by atoms with Crippen molar-refractivity contribution in [2.45, 2.75) is 45.7 Å². The number of aromatic nitrogens is 1. The normalized spacial score (nSPS) is 15.7. The van der Waals surface area contributed by atoms with Gasteiger partial charge in [0.05, 0.1) is 25.3 Å². The van der Waals surface area contributed by atoms with E-state index in [9.17, 15) is 14.7 Å². The van der Waals surface area contributed by atoms with Crippen LogP contribution in [0.15, 0.2) is 35.4 Å². The number of carbonyl (C=O) groups is 2. The van der Waals surface area contributed by atoms with Crippen LogP contribution in [0.4, 0.5) is 5.82 Å². The molecule has 11 heteroatoms. The smallest absolute Gasteiger partial charge is 0.260 e. The summed E-state index contributed by atoms with van der Waals surface area (Å²) in [6.07, 6.45) is 2.05. The van der Waals surface area contributed by atoms with Crippen molar-refractivity contribution in [1.82, 2.24) is 26.0 Å². The number of rotatable bonds is 8. The summed E-state index contributed by atoms with van der Waals surface area (Å²) in [5.41, 5.74) is 8.44. The number of nitrogens with one attached hydrogen (secondary N) is 3. The monoisotopic (exact) mass is 481 g/mol. The molecule has 0 saturated carbocycles. The van der Waals surface area contributed by atoms with Gasteiger partial charge in [0.15, 0.2) is 5.84 Å². The Morgan fingerprint density at radius 1 is 1.29 bits per heavy atom. The van der Waals surface area contributed by atoms with Gasteiger partial charge in [-0.3, -0.25) is 14.6 Å². The molecule has 0 spiro atoms. The zero-order valence-corrected chi connectivity index (χ0v) is 20.2. The van der Waals surface area contributed by atoms with Gasteiger partial charge < -0.3 is 20.1 Å². The number of hydrogen-bond donors (Lipinski definition) is 4. The lowest BCUT2D eigenvalue weighted by atomic mass is 9.96. The van der Waals surface area contributed by atoms with Crippen molar-refractivity contribution in [2.24, 2.45) is 5.10 Å². The van der Waals surface area contributed by atoms with Crippen LogP contribution in [-0.4, -0.2) is 64.0 Å². The Morgan fingerprint density at radius 2 is 2.11 bits per heavy atom. The van der Waals surface area contributed by atoms with Gasteiger partial charge in [-0.1, -0.05) is 13.0 Å². The van der Waals surface area contributed by atoms with Crippen LogP contribution in [0.3, 0.4) is 0 Å². The predicted molar refractivity (Wildman–Crippen MR) is 130 cm³/mol. The van der Waals surface area contributed by atoms with Crippen LogP contribution in [0.5, 0.6) is 5.75 Å². The molecule has 0 fully saturated rings. The van der Waals surface area contributed by atoms with Gasteiger partial charge in [-0.05, 0) is 55.2 Å². The van der Waals surface area contributed by atoms with E-state index in [1.54, 1.807) is 29.3 Å². The lowest BCUT2D eigenvalue weighted by Crippen LogP contribution is -2.48. The number of hydrogen-bond acceptors (Lipinski definition) is 9. The van der Waals surface area contributed by atoms with Crippen molar-refractivity contribution < 1.29 is 19.4 Å². The number of amides is 2. The van der Waals surface area contributed by atoms with Gasteiger partial charge in [0, 0.05) is 19.5 Å². The van der Waals surface area contributed by atoms with Gasteiger partial charge in [0.1, 0.15) is 17.3 Å². The van der Waals surface area contributed by atoms with Crippen LogP contribution in [0.2, 0.25) is 0 Å². The fourth-order valence-electron chi connectivity index (χ4n) is 4.15. The van der Waals surface area contributed by atoms with Crippen LogP contribution < -0.4 is 21.1 Å². The fraction of sp³-hybridized carbons (Fsp3) is 0.417. The summed E-state index contributed by atoms with van der Waals surface area (Å²) in [5.74, 6) is 1.08. The third-order valence-corrected chi connectivity index (χ3v) is 6.08. The molecule has 4 rings (SSSR count). The average Bonchev–Trinajstić information content (AvgIpc) is 3.37. The molecule has 0 aliphatic carbocycles. The van der Waals surface area contributed by atoms with Crippen molar-refractivity contribution in [1.29, 1.82) is 0 Å². The molecule has 35 heavy (non-hydrogen) atoms. The number of pyridine rings is 1. The van der Waals surface area contributed by atoms with Crippen LogP contribution in [0.1, 0.15) is 53.9 Å². The predicted octanol–water partition coefficient (Wildman–Crippen LogP) is 1.39. The molecular weight excluding hydrogens is 450 g/mol. The van der Waals surface area contributed by atoms with E-state index >= 15 is 0 Å². The lowest BCUT2D eigenvalue weighted by molar-refractivity contribution is -0.132. The Balaban J connectivity index is 1.55. The summed E-state index contributed by atoms with van der Waals surface area (Å²) in [5, 5.41) is 18.2. The van der Waals surface area contributed by atoms with Gasteiger partial charge in [0.25, 0.3) is 5.91 Å². The van der Waals surface area contributed by atoms with E-state index < -0.39 is 0 Å². The first kappa shape index (κ1) is 24.4. The summed E-state index contributed by atoms with van der Waals surface area (Å²) < 4.78 is 5.51. The molecule has 1 aromatic carbocycles. The molecule has 0 radical (unpaired) electrons. The minimum Gasteiger partial charge on any atom is -0.496 e. The number of carbonyl (C=O) groups excluding carboxylic acids is 2. The van der Waals surface area contributed by atoms with E-state index in [4.69, 9.17) is 4.74 Å². The number of ether oxygens (including phenoxy) is 1. The molecule has 0 saturated heterocycles. The van der Waals surface area contributed by atoms with Crippen molar-refractivity contribution >= 4 is 23.5 Å². The lowest BCUT2D eigenvalue weighted by Gasteiger charge is -2.29. The Morgan fingerprint density at radius 3 is 2.86 bits per heavy atom. The molecule has 1 aromatic heterocycles. The number of aliphatic hydroxyl groups excluding tert-OH is 1. The summed E-state index contributed by atoms with van der Waals surface area (Å²) in [6, 6.07) is 8.66. The molecule has 3 heterocycles. The highest BCUT2D eigenvalue weighted by molar-refractivity contribution is 6.06. The van der Waals surface area contributed by atoms with Crippen molar-refractivity contribution in [2.75, 3.05) is 25.6 Å². The third kappa shape index (κ3) is 5.20. The van der Waals surface area contributed by atoms with Crippen LogP contribution >= 0.6 is 0 Å². The average molecular weight is 482 g/mol. The summed E-state index contributed by atoms with van der Waals surface area (Å²) >= 11 is 0. The molecule has 11 nitrogen and oxygen atoms in total. The number of methoxy groups -OCH3 is 1. The number of hydrazone groups is 1. The van der Waals surface area contributed by atoms with E-state index in [2.05, 4.69) is 26.5 Å². The largest absolute Gasteiger partial charge is 0.496 e. The highest BCUT2D eigenvalue weighted by atomic mass is 16.5. The molecule has 1 atom stereocenters. The number of fused-ring (bicyclic) bond motifs is 1. The minimum atomic E-state index is -0.364. The second kappa shape index (κ2) is 10.7. The summed E-state index contributed by atoms with van der Waals surface area (Å²) in [6.45, 7) is 4.88. The maximum atomic E-state index is 13.2. The molecule has 186 valence electrons. The van der Waals surface area contributed by atoms with E-state index in [-0.39, 0.29) is 24.5 Å². The van der Waals surface area contributed by atoms with Crippen LogP contribution in [0, 0.1) is 0 Å². The quantitative estimate of drug-likeness (QED) is 0.445. The number of amidine groups is 1. The van der Waals surface area contributed by atoms with Gasteiger partial charge >= 0.3 is 0 Å². The highest BCUT2D eigenvalue weighted by Gasteiger charge is 2.26. The third-order valence-electron chi connectivity index (χ3n) is 6.08. The zero-order chi connectivity index (χ0) is 24.9. The van der Waals surface area contributed by atoms with Crippen LogP contribution in [0.25, 0.3) is 0 Å². The van der Waals surface area contributed by atoms with E-state index in [1.807, 2.05) is 24.8 Å². The number of hydrazine groups is 2. The highest BCUT2D eigenvalue weighted by Crippen LogP contribution is 2.29. The van der Waals surface area contributed by atoms with Crippen molar-refractivity contribution in [3.8, 4) is 5.75 Å². The molecule has 2 amide bonds. The summed E-state index contributed by atoms with van der Waals surface area (Å²) in [4.78, 5) is 32.0. The van der Waals surface area contributed by atoms with E-state index in [0.717, 1.165) is 24.0 Å². The first-order valence-corrected chi connectivity index (χ1v) is 11.7. The number of nitrogens with zero attached hydrogens (tertiary/aromatic N) is 4. The number of benzene rings is 1.